The van der Waals surface area contributed by atoms with E-state index >= 15 is 0 Å². The third-order valence-corrected chi connectivity index (χ3v) is 3.44. The second kappa shape index (κ2) is 6.18. The van der Waals surface area contributed by atoms with Gasteiger partial charge in [0, 0.05) is 9.49 Å². The van der Waals surface area contributed by atoms with Crippen molar-refractivity contribution in [3.63, 3.8) is 0 Å². The summed E-state index contributed by atoms with van der Waals surface area (Å²) in [5.41, 5.74) is 0.680. The zero-order valence-electron chi connectivity index (χ0n) is 9.39. The van der Waals surface area contributed by atoms with Crippen LogP contribution >= 0.6 is 22.6 Å². The second-order valence-electron chi connectivity index (χ2n) is 3.63. The van der Waals surface area contributed by atoms with Gasteiger partial charge < -0.3 is 5.32 Å². The maximum absolute atomic E-state index is 12.9. The van der Waals surface area contributed by atoms with Crippen molar-refractivity contribution in [2.45, 2.75) is 26.7 Å². The van der Waals surface area contributed by atoms with Gasteiger partial charge in [-0.1, -0.05) is 13.8 Å². The fourth-order valence-electron chi connectivity index (χ4n) is 1.49. The van der Waals surface area contributed by atoms with E-state index in [1.54, 1.807) is 6.07 Å². The molecule has 4 heteroatoms. The van der Waals surface area contributed by atoms with Gasteiger partial charge in [0.2, 0.25) is 5.91 Å². The molecule has 16 heavy (non-hydrogen) atoms. The van der Waals surface area contributed by atoms with E-state index in [0.29, 0.717) is 5.69 Å². The molecule has 0 heterocycles. The first kappa shape index (κ1) is 13.4. The van der Waals surface area contributed by atoms with Gasteiger partial charge in [0.05, 0.1) is 5.69 Å². The monoisotopic (exact) mass is 335 g/mol. The van der Waals surface area contributed by atoms with Crippen molar-refractivity contribution >= 4 is 34.2 Å². The SMILES string of the molecule is CCC(CC)C(=O)Nc1ccc(F)cc1I. The topological polar surface area (TPSA) is 29.1 Å². The van der Waals surface area contributed by atoms with Gasteiger partial charge in [0.25, 0.3) is 0 Å². The fourth-order valence-corrected chi connectivity index (χ4v) is 2.10. The van der Waals surface area contributed by atoms with E-state index in [9.17, 15) is 9.18 Å². The second-order valence-corrected chi connectivity index (χ2v) is 4.79. The molecule has 0 aliphatic heterocycles. The lowest BCUT2D eigenvalue weighted by Gasteiger charge is -2.13. The van der Waals surface area contributed by atoms with Crippen LogP contribution in [0.3, 0.4) is 0 Å². The third kappa shape index (κ3) is 3.43. The molecule has 0 unspecified atom stereocenters. The summed E-state index contributed by atoms with van der Waals surface area (Å²) in [4.78, 5) is 11.8. The molecular weight excluding hydrogens is 320 g/mol. The Morgan fingerprint density at radius 3 is 2.56 bits per heavy atom. The summed E-state index contributed by atoms with van der Waals surface area (Å²) in [5.74, 6) is -0.250. The van der Waals surface area contributed by atoms with E-state index in [1.165, 1.54) is 12.1 Å². The average molecular weight is 335 g/mol. The number of rotatable bonds is 4. The lowest BCUT2D eigenvalue weighted by atomic mass is 10.0. The molecule has 0 saturated carbocycles. The van der Waals surface area contributed by atoms with Crippen molar-refractivity contribution in [3.8, 4) is 0 Å². The number of anilines is 1. The molecule has 0 aliphatic carbocycles. The van der Waals surface area contributed by atoms with E-state index in [-0.39, 0.29) is 17.6 Å². The maximum atomic E-state index is 12.9. The predicted octanol–water partition coefficient (Wildman–Crippen LogP) is 3.81. The van der Waals surface area contributed by atoms with Crippen LogP contribution in [0, 0.1) is 15.3 Å². The highest BCUT2D eigenvalue weighted by atomic mass is 127. The molecule has 0 atom stereocenters. The summed E-state index contributed by atoms with van der Waals surface area (Å²) in [6.45, 7) is 3.98. The van der Waals surface area contributed by atoms with Gasteiger partial charge >= 0.3 is 0 Å². The first-order chi connectivity index (χ1) is 7.58. The van der Waals surface area contributed by atoms with Gasteiger partial charge in [-0.25, -0.2) is 4.39 Å². The molecule has 0 bridgehead atoms. The Kier molecular flexibility index (Phi) is 5.18. The first-order valence-electron chi connectivity index (χ1n) is 5.34. The average Bonchev–Trinajstić information content (AvgIpc) is 2.24. The van der Waals surface area contributed by atoms with E-state index in [4.69, 9.17) is 0 Å². The zero-order chi connectivity index (χ0) is 12.1. The summed E-state index contributed by atoms with van der Waals surface area (Å²) >= 11 is 2.01. The van der Waals surface area contributed by atoms with Gasteiger partial charge in [-0.3, -0.25) is 4.79 Å². The van der Waals surface area contributed by atoms with Crippen LogP contribution in [0.1, 0.15) is 26.7 Å². The Morgan fingerprint density at radius 1 is 1.44 bits per heavy atom. The zero-order valence-corrected chi connectivity index (χ0v) is 11.5. The van der Waals surface area contributed by atoms with Crippen molar-refractivity contribution in [3.05, 3.63) is 27.6 Å². The van der Waals surface area contributed by atoms with Crippen molar-refractivity contribution in [2.24, 2.45) is 5.92 Å². The molecule has 0 spiro atoms. The molecule has 1 amide bonds. The number of halogens is 2. The van der Waals surface area contributed by atoms with Gasteiger partial charge in [-0.15, -0.1) is 0 Å². The highest BCUT2D eigenvalue weighted by Gasteiger charge is 2.15. The minimum atomic E-state index is -0.287. The minimum Gasteiger partial charge on any atom is -0.325 e. The van der Waals surface area contributed by atoms with Crippen LogP contribution in [0.5, 0.6) is 0 Å². The molecule has 1 aromatic carbocycles. The molecule has 0 fully saturated rings. The van der Waals surface area contributed by atoms with Gasteiger partial charge in [-0.2, -0.15) is 0 Å². The molecule has 1 aromatic rings. The van der Waals surface area contributed by atoms with Crippen LogP contribution in [-0.2, 0) is 4.79 Å². The quantitative estimate of drug-likeness (QED) is 0.833. The molecular formula is C12H15FINO. The lowest BCUT2D eigenvalue weighted by Crippen LogP contribution is -2.22. The Morgan fingerprint density at radius 2 is 2.06 bits per heavy atom. The third-order valence-electron chi connectivity index (χ3n) is 2.55. The normalized spacial score (nSPS) is 10.6. The van der Waals surface area contributed by atoms with Crippen molar-refractivity contribution in [2.75, 3.05) is 5.32 Å². The summed E-state index contributed by atoms with van der Waals surface area (Å²) in [5, 5.41) is 2.83. The predicted molar refractivity (Wildman–Crippen MR) is 71.8 cm³/mol. The van der Waals surface area contributed by atoms with Crippen LogP contribution < -0.4 is 5.32 Å². The van der Waals surface area contributed by atoms with E-state index < -0.39 is 0 Å². The van der Waals surface area contributed by atoms with E-state index in [1.807, 2.05) is 36.4 Å². The standard InChI is InChI=1S/C12H15FINO/c1-3-8(4-2)12(16)15-11-6-5-9(13)7-10(11)14/h5-8H,3-4H2,1-2H3,(H,15,16). The van der Waals surface area contributed by atoms with E-state index in [2.05, 4.69) is 5.32 Å². The van der Waals surface area contributed by atoms with Crippen LogP contribution in [-0.4, -0.2) is 5.91 Å². The summed E-state index contributed by atoms with van der Waals surface area (Å²) in [6.07, 6.45) is 1.64. The van der Waals surface area contributed by atoms with Crippen molar-refractivity contribution in [1.29, 1.82) is 0 Å². The van der Waals surface area contributed by atoms with Crippen LogP contribution in [0.4, 0.5) is 10.1 Å². The van der Waals surface area contributed by atoms with E-state index in [0.717, 1.165) is 16.4 Å². The molecule has 1 N–H and O–H groups in total. The Labute approximate surface area is 109 Å². The van der Waals surface area contributed by atoms with Crippen LogP contribution in [0.2, 0.25) is 0 Å². The fraction of sp³-hybridized carbons (Fsp3) is 0.417. The lowest BCUT2D eigenvalue weighted by molar-refractivity contribution is -0.120. The molecule has 0 radical (unpaired) electrons. The molecule has 1 rings (SSSR count). The van der Waals surface area contributed by atoms with Crippen molar-refractivity contribution < 1.29 is 9.18 Å². The number of benzene rings is 1. The minimum absolute atomic E-state index is 0.00882. The number of hydrogen-bond donors (Lipinski definition) is 1. The highest BCUT2D eigenvalue weighted by molar-refractivity contribution is 14.1. The number of amides is 1. The number of carbonyl (C=O) groups excluding carboxylic acids is 1. The van der Waals surface area contributed by atoms with Crippen LogP contribution in [0.25, 0.3) is 0 Å². The van der Waals surface area contributed by atoms with Gasteiger partial charge in [0.15, 0.2) is 0 Å². The maximum Gasteiger partial charge on any atom is 0.227 e. The summed E-state index contributed by atoms with van der Waals surface area (Å²) in [7, 11) is 0. The number of carbonyl (C=O) groups is 1. The Balaban J connectivity index is 2.76. The summed E-state index contributed by atoms with van der Waals surface area (Å²) in [6, 6.07) is 4.35. The first-order valence-corrected chi connectivity index (χ1v) is 6.42. The largest absolute Gasteiger partial charge is 0.325 e. The highest BCUT2D eigenvalue weighted by Crippen LogP contribution is 2.20. The molecule has 88 valence electrons. The van der Waals surface area contributed by atoms with Gasteiger partial charge in [0.1, 0.15) is 5.82 Å². The molecule has 0 aromatic heterocycles. The van der Waals surface area contributed by atoms with Gasteiger partial charge in [-0.05, 0) is 53.6 Å². The number of hydrogen-bond acceptors (Lipinski definition) is 1. The Bertz CT molecular complexity index is 377. The molecule has 0 saturated heterocycles. The summed E-state index contributed by atoms with van der Waals surface area (Å²) < 4.78 is 13.6. The molecule has 0 aliphatic rings. The molecule has 2 nitrogen and oxygen atoms in total. The smallest absolute Gasteiger partial charge is 0.227 e. The Hall–Kier alpha value is -0.650. The number of nitrogens with one attached hydrogen (secondary N) is 1. The van der Waals surface area contributed by atoms with Crippen molar-refractivity contribution in [1.82, 2.24) is 0 Å². The van der Waals surface area contributed by atoms with Crippen LogP contribution in [0.15, 0.2) is 18.2 Å².